The Morgan fingerprint density at radius 2 is 2.08 bits per heavy atom. The molecule has 2 aliphatic rings. The van der Waals surface area contributed by atoms with Crippen LogP contribution in [0.1, 0.15) is 57.1 Å². The Morgan fingerprint density at radius 1 is 1.38 bits per heavy atom. The van der Waals surface area contributed by atoms with Gasteiger partial charge >= 0.3 is 0 Å². The first kappa shape index (κ1) is 17.4. The number of aryl methyl sites for hydroxylation is 1. The largest absolute Gasteiger partial charge is 0.379 e. The zero-order valence-corrected chi connectivity index (χ0v) is 15.0. The maximum Gasteiger partial charge on any atom is 0.225 e. The van der Waals surface area contributed by atoms with Gasteiger partial charge in [-0.2, -0.15) is 5.10 Å². The quantitative estimate of drug-likeness (QED) is 0.869. The zero-order chi connectivity index (χ0) is 16.9. The molecule has 3 rings (SSSR count). The summed E-state index contributed by atoms with van der Waals surface area (Å²) in [6.45, 7) is 7.76. The molecule has 1 saturated heterocycles. The van der Waals surface area contributed by atoms with E-state index >= 15 is 0 Å². The predicted molar refractivity (Wildman–Crippen MR) is 94.2 cm³/mol. The molecule has 0 spiro atoms. The van der Waals surface area contributed by atoms with Crippen LogP contribution in [0.15, 0.2) is 6.20 Å². The van der Waals surface area contributed by atoms with Gasteiger partial charge in [0, 0.05) is 31.1 Å². The molecule has 1 aliphatic carbocycles. The lowest BCUT2D eigenvalue weighted by molar-refractivity contribution is -0.116. The molecule has 1 amide bonds. The van der Waals surface area contributed by atoms with Crippen molar-refractivity contribution in [2.24, 2.45) is 0 Å². The second kappa shape index (κ2) is 8.12. The lowest BCUT2D eigenvalue weighted by Crippen LogP contribution is -2.42. The Hall–Kier alpha value is -1.40. The van der Waals surface area contributed by atoms with E-state index in [1.165, 1.54) is 12.8 Å². The molecule has 1 unspecified atom stereocenters. The summed E-state index contributed by atoms with van der Waals surface area (Å²) in [7, 11) is 0. The van der Waals surface area contributed by atoms with Gasteiger partial charge in [0.2, 0.25) is 5.91 Å². The van der Waals surface area contributed by atoms with Crippen LogP contribution in [0.5, 0.6) is 0 Å². The Kier molecular flexibility index (Phi) is 5.89. The van der Waals surface area contributed by atoms with Gasteiger partial charge in [-0.15, -0.1) is 0 Å². The number of aromatic nitrogens is 2. The molecule has 0 bridgehead atoms. The van der Waals surface area contributed by atoms with E-state index in [2.05, 4.69) is 22.2 Å². The summed E-state index contributed by atoms with van der Waals surface area (Å²) < 4.78 is 7.42. The van der Waals surface area contributed by atoms with Gasteiger partial charge in [-0.05, 0) is 33.1 Å². The standard InChI is InChI=1S/C18H30N4O2/c1-14-13-19-22(16-5-3-4-6-16)18(14)20-17(23)8-7-15(2)21-9-11-24-12-10-21/h13,15-16H,3-12H2,1-2H3,(H,20,23). The third kappa shape index (κ3) is 4.16. The van der Waals surface area contributed by atoms with Crippen LogP contribution in [0, 0.1) is 6.92 Å². The second-order valence-corrected chi connectivity index (χ2v) is 7.14. The zero-order valence-electron chi connectivity index (χ0n) is 15.0. The van der Waals surface area contributed by atoms with Crippen LogP contribution in [0.4, 0.5) is 5.82 Å². The topological polar surface area (TPSA) is 59.4 Å². The normalized spacial score (nSPS) is 21.1. The molecule has 1 aliphatic heterocycles. The number of morpholine rings is 1. The molecule has 134 valence electrons. The lowest BCUT2D eigenvalue weighted by atomic mass is 10.1. The van der Waals surface area contributed by atoms with Gasteiger partial charge in [-0.1, -0.05) is 12.8 Å². The Labute approximate surface area is 144 Å². The van der Waals surface area contributed by atoms with E-state index in [-0.39, 0.29) is 5.91 Å². The Morgan fingerprint density at radius 3 is 2.79 bits per heavy atom. The molecule has 2 fully saturated rings. The van der Waals surface area contributed by atoms with Gasteiger partial charge in [0.1, 0.15) is 5.82 Å². The van der Waals surface area contributed by atoms with Crippen LogP contribution < -0.4 is 5.32 Å². The summed E-state index contributed by atoms with van der Waals surface area (Å²) in [6, 6.07) is 0.863. The molecule has 0 radical (unpaired) electrons. The highest BCUT2D eigenvalue weighted by Crippen LogP contribution is 2.32. The van der Waals surface area contributed by atoms with Crippen LogP contribution in [0.2, 0.25) is 0 Å². The summed E-state index contributed by atoms with van der Waals surface area (Å²) in [6.07, 6.45) is 8.14. The van der Waals surface area contributed by atoms with E-state index < -0.39 is 0 Å². The molecule has 1 aromatic heterocycles. The molecular formula is C18H30N4O2. The van der Waals surface area contributed by atoms with Crippen molar-refractivity contribution in [2.45, 2.75) is 64.5 Å². The number of anilines is 1. The van der Waals surface area contributed by atoms with Gasteiger partial charge in [0.25, 0.3) is 0 Å². The number of nitrogens with zero attached hydrogens (tertiary/aromatic N) is 3. The first-order valence-electron chi connectivity index (χ1n) is 9.31. The van der Waals surface area contributed by atoms with E-state index in [1.54, 1.807) is 0 Å². The number of rotatable bonds is 6. The van der Waals surface area contributed by atoms with E-state index in [0.29, 0.717) is 18.5 Å². The number of nitrogens with one attached hydrogen (secondary N) is 1. The Balaban J connectivity index is 1.52. The van der Waals surface area contributed by atoms with Gasteiger partial charge < -0.3 is 10.1 Å². The minimum absolute atomic E-state index is 0.0953. The summed E-state index contributed by atoms with van der Waals surface area (Å²) in [4.78, 5) is 14.8. The van der Waals surface area contributed by atoms with Gasteiger partial charge in [0.05, 0.1) is 25.5 Å². The van der Waals surface area contributed by atoms with Crippen molar-refractivity contribution in [3.05, 3.63) is 11.8 Å². The van der Waals surface area contributed by atoms with Crippen LogP contribution in [0.25, 0.3) is 0 Å². The van der Waals surface area contributed by atoms with Crippen LogP contribution >= 0.6 is 0 Å². The molecular weight excluding hydrogens is 304 g/mol. The molecule has 1 atom stereocenters. The van der Waals surface area contributed by atoms with Crippen molar-refractivity contribution in [1.82, 2.24) is 14.7 Å². The number of hydrogen-bond acceptors (Lipinski definition) is 4. The smallest absolute Gasteiger partial charge is 0.225 e. The van der Waals surface area contributed by atoms with E-state index in [4.69, 9.17) is 4.74 Å². The van der Waals surface area contributed by atoms with Crippen molar-refractivity contribution in [3.8, 4) is 0 Å². The number of amides is 1. The van der Waals surface area contributed by atoms with Crippen LogP contribution in [0.3, 0.4) is 0 Å². The summed E-state index contributed by atoms with van der Waals surface area (Å²) in [5.41, 5.74) is 1.05. The predicted octanol–water partition coefficient (Wildman–Crippen LogP) is 2.75. The lowest BCUT2D eigenvalue weighted by Gasteiger charge is -2.32. The molecule has 6 heteroatoms. The van der Waals surface area contributed by atoms with Crippen molar-refractivity contribution >= 4 is 11.7 Å². The van der Waals surface area contributed by atoms with E-state index in [0.717, 1.165) is 56.9 Å². The fourth-order valence-corrected chi connectivity index (χ4v) is 3.77. The number of carbonyl (C=O) groups is 1. The average molecular weight is 334 g/mol. The first-order chi connectivity index (χ1) is 11.6. The highest BCUT2D eigenvalue weighted by molar-refractivity contribution is 5.90. The molecule has 1 saturated carbocycles. The van der Waals surface area contributed by atoms with Crippen LogP contribution in [-0.2, 0) is 9.53 Å². The van der Waals surface area contributed by atoms with Crippen molar-refractivity contribution < 1.29 is 9.53 Å². The molecule has 2 heterocycles. The molecule has 6 nitrogen and oxygen atoms in total. The SMILES string of the molecule is Cc1cnn(C2CCCC2)c1NC(=O)CCC(C)N1CCOCC1. The molecule has 24 heavy (non-hydrogen) atoms. The maximum absolute atomic E-state index is 12.4. The summed E-state index contributed by atoms with van der Waals surface area (Å²) >= 11 is 0. The molecule has 1 N–H and O–H groups in total. The minimum Gasteiger partial charge on any atom is -0.379 e. The maximum atomic E-state index is 12.4. The van der Waals surface area contributed by atoms with Gasteiger partial charge in [-0.3, -0.25) is 9.69 Å². The van der Waals surface area contributed by atoms with Crippen molar-refractivity contribution in [3.63, 3.8) is 0 Å². The van der Waals surface area contributed by atoms with Crippen LogP contribution in [-0.4, -0.2) is 52.9 Å². The van der Waals surface area contributed by atoms with E-state index in [1.807, 2.05) is 17.8 Å². The summed E-state index contributed by atoms with van der Waals surface area (Å²) in [5, 5.41) is 7.61. The second-order valence-electron chi connectivity index (χ2n) is 7.14. The highest BCUT2D eigenvalue weighted by atomic mass is 16.5. The summed E-state index contributed by atoms with van der Waals surface area (Å²) in [5.74, 6) is 0.990. The van der Waals surface area contributed by atoms with Gasteiger partial charge in [-0.25, -0.2) is 4.68 Å². The fourth-order valence-electron chi connectivity index (χ4n) is 3.77. The average Bonchev–Trinajstić information content (AvgIpc) is 3.24. The fraction of sp³-hybridized carbons (Fsp3) is 0.778. The first-order valence-corrected chi connectivity index (χ1v) is 9.31. The number of carbonyl (C=O) groups excluding carboxylic acids is 1. The molecule has 1 aromatic rings. The third-order valence-electron chi connectivity index (χ3n) is 5.36. The van der Waals surface area contributed by atoms with Crippen molar-refractivity contribution in [2.75, 3.05) is 31.6 Å². The monoisotopic (exact) mass is 334 g/mol. The van der Waals surface area contributed by atoms with Gasteiger partial charge in [0.15, 0.2) is 0 Å². The van der Waals surface area contributed by atoms with Crippen molar-refractivity contribution in [1.29, 1.82) is 0 Å². The van der Waals surface area contributed by atoms with E-state index in [9.17, 15) is 4.79 Å². The minimum atomic E-state index is 0.0953. The third-order valence-corrected chi connectivity index (χ3v) is 5.36. The Bertz CT molecular complexity index is 545. The highest BCUT2D eigenvalue weighted by Gasteiger charge is 2.23. The molecule has 0 aromatic carbocycles. The number of hydrogen-bond donors (Lipinski definition) is 1. The number of ether oxygens (including phenoxy) is 1.